The number of nitrogens with zero attached hydrogens (tertiary/aromatic N) is 1. The van der Waals surface area contributed by atoms with E-state index in [9.17, 15) is 4.39 Å². The van der Waals surface area contributed by atoms with Crippen LogP contribution < -0.4 is 5.32 Å². The second-order valence-corrected chi connectivity index (χ2v) is 5.59. The smallest absolute Gasteiger partial charge is 0.123 e. The summed E-state index contributed by atoms with van der Waals surface area (Å²) in [5, 5.41) is 3.39. The molecule has 3 rings (SSSR count). The third kappa shape index (κ3) is 2.17. The molecule has 2 atom stereocenters. The molecule has 0 spiro atoms. The molecule has 0 radical (unpaired) electrons. The molecular formula is C15H21FN2. The van der Waals surface area contributed by atoms with Crippen molar-refractivity contribution in [1.82, 2.24) is 10.2 Å². The molecule has 1 aliphatic heterocycles. The molecule has 0 bridgehead atoms. The van der Waals surface area contributed by atoms with Gasteiger partial charge in [0.25, 0.3) is 0 Å². The summed E-state index contributed by atoms with van der Waals surface area (Å²) in [7, 11) is 0. The SMILES string of the molecule is CC1CCc2ccc(F)cc2C1N1CCNCC1. The summed E-state index contributed by atoms with van der Waals surface area (Å²) in [5.74, 6) is 0.528. The number of hydrogen-bond acceptors (Lipinski definition) is 2. The van der Waals surface area contributed by atoms with E-state index in [1.165, 1.54) is 17.5 Å². The quantitative estimate of drug-likeness (QED) is 0.820. The van der Waals surface area contributed by atoms with Gasteiger partial charge in [-0.1, -0.05) is 13.0 Å². The number of piperazine rings is 1. The Bertz CT molecular complexity index is 427. The van der Waals surface area contributed by atoms with Crippen molar-refractivity contribution in [3.05, 3.63) is 35.1 Å². The summed E-state index contributed by atoms with van der Waals surface area (Å²) in [4.78, 5) is 2.53. The van der Waals surface area contributed by atoms with Crippen LogP contribution in [-0.4, -0.2) is 31.1 Å². The first-order valence-corrected chi connectivity index (χ1v) is 6.99. The van der Waals surface area contributed by atoms with Crippen LogP contribution in [0.5, 0.6) is 0 Å². The first-order valence-electron chi connectivity index (χ1n) is 6.99. The number of hydrogen-bond donors (Lipinski definition) is 1. The zero-order valence-corrected chi connectivity index (χ0v) is 11.0. The summed E-state index contributed by atoms with van der Waals surface area (Å²) in [5.41, 5.74) is 2.58. The molecule has 2 unspecified atom stereocenters. The van der Waals surface area contributed by atoms with Crippen LogP contribution in [-0.2, 0) is 6.42 Å². The third-order valence-corrected chi connectivity index (χ3v) is 4.38. The number of fused-ring (bicyclic) bond motifs is 1. The summed E-state index contributed by atoms with van der Waals surface area (Å²) in [6, 6.07) is 5.75. The number of rotatable bonds is 1. The van der Waals surface area contributed by atoms with Gasteiger partial charge in [0.2, 0.25) is 0 Å². The molecule has 0 aromatic heterocycles. The van der Waals surface area contributed by atoms with E-state index in [1.54, 1.807) is 12.1 Å². The predicted octanol–water partition coefficient (Wildman–Crippen LogP) is 2.35. The van der Waals surface area contributed by atoms with Gasteiger partial charge < -0.3 is 5.32 Å². The molecule has 1 fully saturated rings. The van der Waals surface area contributed by atoms with E-state index in [2.05, 4.69) is 17.1 Å². The molecule has 1 aromatic rings. The van der Waals surface area contributed by atoms with E-state index in [0.717, 1.165) is 32.6 Å². The highest BCUT2D eigenvalue weighted by atomic mass is 19.1. The topological polar surface area (TPSA) is 15.3 Å². The molecule has 1 aliphatic carbocycles. The van der Waals surface area contributed by atoms with E-state index in [-0.39, 0.29) is 5.82 Å². The van der Waals surface area contributed by atoms with Crippen molar-refractivity contribution in [3.63, 3.8) is 0 Å². The fraction of sp³-hybridized carbons (Fsp3) is 0.600. The van der Waals surface area contributed by atoms with Gasteiger partial charge in [-0.05, 0) is 42.0 Å². The molecule has 2 aliphatic rings. The van der Waals surface area contributed by atoms with Gasteiger partial charge in [-0.25, -0.2) is 4.39 Å². The predicted molar refractivity (Wildman–Crippen MR) is 71.1 cm³/mol. The first kappa shape index (κ1) is 12.1. The molecule has 3 heteroatoms. The Kier molecular flexibility index (Phi) is 3.35. The van der Waals surface area contributed by atoms with Gasteiger partial charge >= 0.3 is 0 Å². The highest BCUT2D eigenvalue weighted by molar-refractivity contribution is 5.33. The Morgan fingerprint density at radius 2 is 2.06 bits per heavy atom. The Morgan fingerprint density at radius 1 is 1.28 bits per heavy atom. The second kappa shape index (κ2) is 4.98. The van der Waals surface area contributed by atoms with Crippen LogP contribution in [0.2, 0.25) is 0 Å². The summed E-state index contributed by atoms with van der Waals surface area (Å²) in [6.45, 7) is 6.55. The number of aryl methyl sites for hydroxylation is 1. The van der Waals surface area contributed by atoms with Gasteiger partial charge in [-0.15, -0.1) is 0 Å². The Labute approximate surface area is 108 Å². The molecule has 1 N–H and O–H groups in total. The lowest BCUT2D eigenvalue weighted by atomic mass is 9.79. The maximum Gasteiger partial charge on any atom is 0.123 e. The lowest BCUT2D eigenvalue weighted by Crippen LogP contribution is -2.47. The van der Waals surface area contributed by atoms with Gasteiger partial charge in [0.05, 0.1) is 0 Å². The normalized spacial score (nSPS) is 29.0. The summed E-state index contributed by atoms with van der Waals surface area (Å²) in [6.07, 6.45) is 2.31. The van der Waals surface area contributed by atoms with Gasteiger partial charge in [0, 0.05) is 32.2 Å². The molecule has 1 aromatic carbocycles. The number of benzene rings is 1. The average Bonchev–Trinajstić information content (AvgIpc) is 2.39. The standard InChI is InChI=1S/C15H21FN2/c1-11-2-3-12-4-5-13(16)10-14(12)15(11)18-8-6-17-7-9-18/h4-5,10-11,15,17H,2-3,6-9H2,1H3. The zero-order chi connectivity index (χ0) is 12.5. The largest absolute Gasteiger partial charge is 0.314 e. The van der Waals surface area contributed by atoms with Crippen LogP contribution in [0, 0.1) is 11.7 Å². The molecule has 1 saturated heterocycles. The van der Waals surface area contributed by atoms with Crippen molar-refractivity contribution in [3.8, 4) is 0 Å². The molecule has 2 nitrogen and oxygen atoms in total. The average molecular weight is 248 g/mol. The molecule has 18 heavy (non-hydrogen) atoms. The summed E-state index contributed by atoms with van der Waals surface area (Å²) < 4.78 is 13.5. The molecular weight excluding hydrogens is 227 g/mol. The van der Waals surface area contributed by atoms with Crippen LogP contribution in [0.15, 0.2) is 18.2 Å². The number of halogens is 1. The van der Waals surface area contributed by atoms with E-state index < -0.39 is 0 Å². The minimum absolute atomic E-state index is 0.0945. The Morgan fingerprint density at radius 3 is 2.83 bits per heavy atom. The van der Waals surface area contributed by atoms with Crippen molar-refractivity contribution < 1.29 is 4.39 Å². The second-order valence-electron chi connectivity index (χ2n) is 5.59. The Balaban J connectivity index is 1.95. The van der Waals surface area contributed by atoms with Crippen molar-refractivity contribution >= 4 is 0 Å². The van der Waals surface area contributed by atoms with Gasteiger partial charge in [0.1, 0.15) is 5.82 Å². The van der Waals surface area contributed by atoms with E-state index >= 15 is 0 Å². The fourth-order valence-corrected chi connectivity index (χ4v) is 3.43. The minimum Gasteiger partial charge on any atom is -0.314 e. The summed E-state index contributed by atoms with van der Waals surface area (Å²) >= 11 is 0. The van der Waals surface area contributed by atoms with Crippen LogP contribution >= 0.6 is 0 Å². The molecule has 98 valence electrons. The van der Waals surface area contributed by atoms with Crippen molar-refractivity contribution in [2.45, 2.75) is 25.8 Å². The minimum atomic E-state index is -0.0945. The highest BCUT2D eigenvalue weighted by Gasteiger charge is 2.32. The van der Waals surface area contributed by atoms with Gasteiger partial charge in [-0.2, -0.15) is 0 Å². The van der Waals surface area contributed by atoms with E-state index in [1.807, 2.05) is 6.07 Å². The van der Waals surface area contributed by atoms with Gasteiger partial charge in [0.15, 0.2) is 0 Å². The van der Waals surface area contributed by atoms with Crippen LogP contribution in [0.4, 0.5) is 4.39 Å². The van der Waals surface area contributed by atoms with Crippen LogP contribution in [0.25, 0.3) is 0 Å². The third-order valence-electron chi connectivity index (χ3n) is 4.38. The van der Waals surface area contributed by atoms with E-state index in [0.29, 0.717) is 12.0 Å². The maximum atomic E-state index is 13.5. The maximum absolute atomic E-state index is 13.5. The van der Waals surface area contributed by atoms with Crippen molar-refractivity contribution in [2.75, 3.05) is 26.2 Å². The van der Waals surface area contributed by atoms with Crippen LogP contribution in [0.1, 0.15) is 30.5 Å². The fourth-order valence-electron chi connectivity index (χ4n) is 3.43. The lowest BCUT2D eigenvalue weighted by molar-refractivity contribution is 0.119. The number of nitrogens with one attached hydrogen (secondary N) is 1. The van der Waals surface area contributed by atoms with E-state index in [4.69, 9.17) is 0 Å². The van der Waals surface area contributed by atoms with Crippen molar-refractivity contribution in [1.29, 1.82) is 0 Å². The first-order chi connectivity index (χ1) is 8.75. The molecule has 0 amide bonds. The monoisotopic (exact) mass is 248 g/mol. The highest BCUT2D eigenvalue weighted by Crippen LogP contribution is 2.38. The zero-order valence-electron chi connectivity index (χ0n) is 11.0. The molecule has 1 heterocycles. The molecule has 0 saturated carbocycles. The lowest BCUT2D eigenvalue weighted by Gasteiger charge is -2.42. The van der Waals surface area contributed by atoms with Crippen LogP contribution in [0.3, 0.4) is 0 Å². The van der Waals surface area contributed by atoms with Gasteiger partial charge in [-0.3, -0.25) is 4.90 Å². The Hall–Kier alpha value is -0.930. The van der Waals surface area contributed by atoms with Crippen molar-refractivity contribution in [2.24, 2.45) is 5.92 Å².